The number of phenolic OH excluding ortho intramolecular Hbond substituents is 1. The van der Waals surface area contributed by atoms with Crippen LogP contribution in [0, 0.1) is 5.82 Å². The smallest absolute Gasteiger partial charge is 0.253 e. The largest absolute Gasteiger partial charge is 0.508 e. The number of aromatic hydroxyl groups is 1. The summed E-state index contributed by atoms with van der Waals surface area (Å²) in [6, 6.07) is 10.9. The molecule has 0 aliphatic heterocycles. The number of hydrazine groups is 1. The van der Waals surface area contributed by atoms with Gasteiger partial charge in [0.1, 0.15) is 11.6 Å². The zero-order chi connectivity index (χ0) is 15.2. The number of benzene rings is 2. The molecular weight excluding hydrogens is 273 g/mol. The van der Waals surface area contributed by atoms with Gasteiger partial charge in [0.2, 0.25) is 0 Å². The number of rotatable bonds is 5. The molecule has 0 fully saturated rings. The Bertz CT molecular complexity index is 629. The first kappa shape index (κ1) is 14.8. The molecule has 0 unspecified atom stereocenters. The molecule has 0 spiro atoms. The average molecular weight is 289 g/mol. The summed E-state index contributed by atoms with van der Waals surface area (Å²) in [5, 5.41) is 11.9. The van der Waals surface area contributed by atoms with E-state index < -0.39 is 11.7 Å². The van der Waals surface area contributed by atoms with Gasteiger partial charge in [-0.05, 0) is 36.2 Å². The van der Waals surface area contributed by atoms with Gasteiger partial charge in [-0.2, -0.15) is 0 Å². The molecule has 2 aromatic carbocycles. The van der Waals surface area contributed by atoms with E-state index in [9.17, 15) is 14.3 Å². The Morgan fingerprint density at radius 3 is 2.57 bits per heavy atom. The molecule has 0 saturated heterocycles. The van der Waals surface area contributed by atoms with Gasteiger partial charge >= 0.3 is 0 Å². The number of carbonyl (C=O) groups excluding carboxylic acids is 1. The van der Waals surface area contributed by atoms with E-state index in [-0.39, 0.29) is 17.0 Å². The van der Waals surface area contributed by atoms with Crippen molar-refractivity contribution in [3.63, 3.8) is 0 Å². The van der Waals surface area contributed by atoms with Crippen LogP contribution in [0.1, 0.15) is 15.9 Å². The van der Waals surface area contributed by atoms with Crippen LogP contribution in [0.25, 0.3) is 0 Å². The third-order valence-electron chi connectivity index (χ3n) is 3.04. The zero-order valence-electron chi connectivity index (χ0n) is 11.3. The lowest BCUT2D eigenvalue weighted by Crippen LogP contribution is -2.27. The molecule has 0 aromatic heterocycles. The third-order valence-corrected chi connectivity index (χ3v) is 3.04. The van der Waals surface area contributed by atoms with Crippen LogP contribution in [0.5, 0.6) is 5.75 Å². The molecular formula is C15H16FN3O2. The zero-order valence-corrected chi connectivity index (χ0v) is 11.3. The minimum absolute atomic E-state index is 0.0281. The normalized spacial score (nSPS) is 10.2. The molecule has 0 bridgehead atoms. The first-order chi connectivity index (χ1) is 10.1. The fourth-order valence-electron chi connectivity index (χ4n) is 1.94. The van der Waals surface area contributed by atoms with Crippen molar-refractivity contribution in [2.75, 3.05) is 12.0 Å². The third kappa shape index (κ3) is 3.70. The van der Waals surface area contributed by atoms with Crippen LogP contribution in [0.15, 0.2) is 42.5 Å². The Morgan fingerprint density at radius 1 is 1.19 bits per heavy atom. The van der Waals surface area contributed by atoms with Crippen molar-refractivity contribution < 1.29 is 14.3 Å². The molecule has 0 heterocycles. The van der Waals surface area contributed by atoms with E-state index in [1.807, 2.05) is 0 Å². The van der Waals surface area contributed by atoms with Crippen molar-refractivity contribution in [3.05, 3.63) is 59.4 Å². The summed E-state index contributed by atoms with van der Waals surface area (Å²) >= 11 is 0. The Labute approximate surface area is 121 Å². The lowest BCUT2D eigenvalue weighted by atomic mass is 10.1. The van der Waals surface area contributed by atoms with E-state index in [4.69, 9.17) is 5.84 Å². The molecule has 6 heteroatoms. The lowest BCUT2D eigenvalue weighted by Gasteiger charge is -2.10. The van der Waals surface area contributed by atoms with Gasteiger partial charge in [0, 0.05) is 6.54 Å². The molecule has 0 atom stereocenters. The van der Waals surface area contributed by atoms with Crippen LogP contribution in [0.3, 0.4) is 0 Å². The lowest BCUT2D eigenvalue weighted by molar-refractivity contribution is 0.0954. The molecule has 0 radical (unpaired) electrons. The van der Waals surface area contributed by atoms with Crippen LogP contribution in [0.2, 0.25) is 0 Å². The van der Waals surface area contributed by atoms with Crippen molar-refractivity contribution in [2.45, 2.75) is 6.42 Å². The summed E-state index contributed by atoms with van der Waals surface area (Å²) in [7, 11) is 0. The Hall–Kier alpha value is -2.60. The number of hydrogen-bond donors (Lipinski definition) is 4. The minimum Gasteiger partial charge on any atom is -0.508 e. The quantitative estimate of drug-likeness (QED) is 0.499. The number of amides is 1. The SMILES string of the molecule is NNc1c(F)cccc1C(=O)NCCc1ccc(O)cc1. The number of hydrogen-bond acceptors (Lipinski definition) is 4. The van der Waals surface area contributed by atoms with Gasteiger partial charge in [-0.25, -0.2) is 4.39 Å². The average Bonchev–Trinajstić information content (AvgIpc) is 2.49. The van der Waals surface area contributed by atoms with E-state index in [1.165, 1.54) is 18.2 Å². The number of nitrogen functional groups attached to an aromatic ring is 1. The molecule has 110 valence electrons. The summed E-state index contributed by atoms with van der Waals surface area (Å²) in [5.41, 5.74) is 3.30. The molecule has 0 aliphatic carbocycles. The van der Waals surface area contributed by atoms with E-state index in [2.05, 4.69) is 10.7 Å². The standard InChI is InChI=1S/C15H16FN3O2/c16-13-3-1-2-12(14(13)19-17)15(21)18-9-8-10-4-6-11(20)7-5-10/h1-7,19-20H,8-9,17H2,(H,18,21). The predicted molar refractivity (Wildman–Crippen MR) is 78.4 cm³/mol. The van der Waals surface area contributed by atoms with E-state index in [0.29, 0.717) is 13.0 Å². The summed E-state index contributed by atoms with van der Waals surface area (Å²) in [5.74, 6) is 4.44. The number of anilines is 1. The van der Waals surface area contributed by atoms with Crippen molar-refractivity contribution in [2.24, 2.45) is 5.84 Å². The highest BCUT2D eigenvalue weighted by Crippen LogP contribution is 2.18. The monoisotopic (exact) mass is 289 g/mol. The molecule has 1 amide bonds. The second-order valence-corrected chi connectivity index (χ2v) is 4.48. The first-order valence-corrected chi connectivity index (χ1v) is 6.43. The second-order valence-electron chi connectivity index (χ2n) is 4.48. The van der Waals surface area contributed by atoms with E-state index >= 15 is 0 Å². The van der Waals surface area contributed by atoms with Gasteiger partial charge in [0.25, 0.3) is 5.91 Å². The number of nitrogens with two attached hydrogens (primary N) is 1. The fourth-order valence-corrected chi connectivity index (χ4v) is 1.94. The Balaban J connectivity index is 1.96. The highest BCUT2D eigenvalue weighted by molar-refractivity contribution is 5.99. The molecule has 0 aliphatic rings. The summed E-state index contributed by atoms with van der Waals surface area (Å²) in [6.45, 7) is 0.393. The second kappa shape index (κ2) is 6.71. The molecule has 2 rings (SSSR count). The maximum absolute atomic E-state index is 13.5. The molecule has 2 aromatic rings. The maximum atomic E-state index is 13.5. The highest BCUT2D eigenvalue weighted by Gasteiger charge is 2.13. The van der Waals surface area contributed by atoms with Gasteiger partial charge in [-0.3, -0.25) is 10.6 Å². The van der Waals surface area contributed by atoms with Crippen molar-refractivity contribution in [1.29, 1.82) is 0 Å². The van der Waals surface area contributed by atoms with Gasteiger partial charge in [0.15, 0.2) is 0 Å². The molecule has 5 N–H and O–H groups in total. The van der Waals surface area contributed by atoms with Gasteiger partial charge < -0.3 is 15.8 Å². The summed E-state index contributed by atoms with van der Waals surface area (Å²) in [6.07, 6.45) is 0.604. The Kier molecular flexibility index (Phi) is 4.73. The van der Waals surface area contributed by atoms with Crippen LogP contribution >= 0.6 is 0 Å². The molecule has 21 heavy (non-hydrogen) atoms. The van der Waals surface area contributed by atoms with Crippen LogP contribution < -0.4 is 16.6 Å². The van der Waals surface area contributed by atoms with Gasteiger partial charge in [0.05, 0.1) is 11.3 Å². The van der Waals surface area contributed by atoms with Crippen LogP contribution in [0.4, 0.5) is 10.1 Å². The summed E-state index contributed by atoms with van der Waals surface area (Å²) in [4.78, 5) is 12.0. The van der Waals surface area contributed by atoms with Crippen molar-refractivity contribution >= 4 is 11.6 Å². The molecule has 0 saturated carbocycles. The van der Waals surface area contributed by atoms with Gasteiger partial charge in [-0.15, -0.1) is 0 Å². The number of phenols is 1. The summed E-state index contributed by atoms with van der Waals surface area (Å²) < 4.78 is 13.5. The topological polar surface area (TPSA) is 87.4 Å². The minimum atomic E-state index is -0.580. The maximum Gasteiger partial charge on any atom is 0.253 e. The number of para-hydroxylation sites is 1. The van der Waals surface area contributed by atoms with E-state index in [0.717, 1.165) is 5.56 Å². The fraction of sp³-hybridized carbons (Fsp3) is 0.133. The number of nitrogens with one attached hydrogen (secondary N) is 2. The van der Waals surface area contributed by atoms with Crippen molar-refractivity contribution in [1.82, 2.24) is 5.32 Å². The predicted octanol–water partition coefficient (Wildman–Crippen LogP) is 1.79. The molecule has 5 nitrogen and oxygen atoms in total. The van der Waals surface area contributed by atoms with Crippen LogP contribution in [-0.2, 0) is 6.42 Å². The highest BCUT2D eigenvalue weighted by atomic mass is 19.1. The number of halogens is 1. The number of carbonyl (C=O) groups is 1. The van der Waals surface area contributed by atoms with Crippen LogP contribution in [-0.4, -0.2) is 17.6 Å². The first-order valence-electron chi connectivity index (χ1n) is 6.43. The Morgan fingerprint density at radius 2 is 1.90 bits per heavy atom. The van der Waals surface area contributed by atoms with E-state index in [1.54, 1.807) is 24.3 Å². The van der Waals surface area contributed by atoms with Gasteiger partial charge in [-0.1, -0.05) is 18.2 Å². The van der Waals surface area contributed by atoms with Crippen molar-refractivity contribution in [3.8, 4) is 5.75 Å².